The van der Waals surface area contributed by atoms with Gasteiger partial charge in [-0.25, -0.2) is 10.4 Å². The van der Waals surface area contributed by atoms with Gasteiger partial charge in [-0.1, -0.05) is 54.1 Å². The van der Waals surface area contributed by atoms with Crippen molar-refractivity contribution in [3.63, 3.8) is 0 Å². The number of carbonyl (C=O) groups is 1. The van der Waals surface area contributed by atoms with Crippen molar-refractivity contribution in [2.75, 3.05) is 5.32 Å². The molecule has 0 aliphatic heterocycles. The first-order chi connectivity index (χ1) is 19.7. The van der Waals surface area contributed by atoms with E-state index in [1.54, 1.807) is 23.6 Å². The average Bonchev–Trinajstić information content (AvgIpc) is 3.38. The maximum atomic E-state index is 12.9. The highest BCUT2D eigenvalue weighted by molar-refractivity contribution is 7.13. The topological polar surface area (TPSA) is 75.6 Å². The fraction of sp³-hybridized carbons (Fsp3) is 0.100. The van der Waals surface area contributed by atoms with Crippen molar-refractivity contribution < 1.29 is 22.7 Å². The number of carbonyl (C=O) groups excluding carboxylic acids is 1. The van der Waals surface area contributed by atoms with E-state index in [1.807, 2.05) is 18.2 Å². The van der Waals surface area contributed by atoms with Gasteiger partial charge in [-0.05, 0) is 64.4 Å². The number of benzene rings is 4. The molecule has 0 unspecified atom stereocenters. The molecular formula is C30H22ClF3N4O2S. The summed E-state index contributed by atoms with van der Waals surface area (Å²) in [5.41, 5.74) is 4.05. The first-order valence-electron chi connectivity index (χ1n) is 12.3. The molecule has 0 aliphatic rings. The summed E-state index contributed by atoms with van der Waals surface area (Å²) in [6.45, 7) is 0.363. The number of alkyl halides is 3. The van der Waals surface area contributed by atoms with E-state index < -0.39 is 17.6 Å². The lowest BCUT2D eigenvalue weighted by Gasteiger charge is -2.09. The van der Waals surface area contributed by atoms with Crippen molar-refractivity contribution in [3.05, 3.63) is 118 Å². The second-order valence-electron chi connectivity index (χ2n) is 8.98. The second-order valence-corrected chi connectivity index (χ2v) is 10.2. The van der Waals surface area contributed by atoms with Gasteiger partial charge in [-0.15, -0.1) is 11.3 Å². The molecule has 0 spiro atoms. The van der Waals surface area contributed by atoms with Crippen LogP contribution in [0.15, 0.2) is 95.4 Å². The number of rotatable bonds is 9. The number of hydrazone groups is 1. The minimum atomic E-state index is -4.44. The van der Waals surface area contributed by atoms with Gasteiger partial charge < -0.3 is 10.1 Å². The second kappa shape index (κ2) is 12.4. The Kier molecular flexibility index (Phi) is 8.51. The van der Waals surface area contributed by atoms with E-state index in [0.29, 0.717) is 33.8 Å². The van der Waals surface area contributed by atoms with Gasteiger partial charge in [0.1, 0.15) is 12.4 Å². The standard InChI is InChI=1S/C30H22ClF3N4O2S/c31-26-13-19(9-11-27(26)40-17-20-8-10-21-4-1-2-5-22(21)12-20)16-35-38-28(39)15-25-18-41-29(37-25)36-24-7-3-6-23(14-24)30(32,33)34/h1-14,16,18H,15,17H2,(H,36,37)(H,38,39)/b35-16-. The predicted octanol–water partition coefficient (Wildman–Crippen LogP) is 7.98. The quantitative estimate of drug-likeness (QED) is 0.134. The van der Waals surface area contributed by atoms with Crippen LogP contribution in [0.3, 0.4) is 0 Å². The SMILES string of the molecule is O=C(Cc1csc(Nc2cccc(C(F)(F)F)c2)n1)N/N=C\c1ccc(OCc2ccc3ccccc3c2)c(Cl)c1. The van der Waals surface area contributed by atoms with E-state index >= 15 is 0 Å². The number of ether oxygens (including phenoxy) is 1. The molecule has 0 radical (unpaired) electrons. The van der Waals surface area contributed by atoms with Crippen LogP contribution in [0.5, 0.6) is 5.75 Å². The number of thiazole rings is 1. The van der Waals surface area contributed by atoms with E-state index in [1.165, 1.54) is 29.7 Å². The maximum absolute atomic E-state index is 12.9. The van der Waals surface area contributed by atoms with Crippen LogP contribution in [-0.2, 0) is 24.0 Å². The Hall–Kier alpha value is -4.41. The Morgan fingerprint density at radius 1 is 1.00 bits per heavy atom. The number of nitrogens with one attached hydrogen (secondary N) is 2. The third kappa shape index (κ3) is 7.62. The smallest absolute Gasteiger partial charge is 0.416 e. The highest BCUT2D eigenvalue weighted by Gasteiger charge is 2.30. The fourth-order valence-corrected chi connectivity index (χ4v) is 4.90. The molecule has 0 bridgehead atoms. The Balaban J connectivity index is 1.11. The molecule has 4 aromatic carbocycles. The summed E-state index contributed by atoms with van der Waals surface area (Å²) in [4.78, 5) is 16.6. The number of aromatic nitrogens is 1. The minimum absolute atomic E-state index is 0.0551. The van der Waals surface area contributed by atoms with Gasteiger partial charge >= 0.3 is 6.18 Å². The lowest BCUT2D eigenvalue weighted by atomic mass is 10.1. The first kappa shape index (κ1) is 28.1. The molecule has 41 heavy (non-hydrogen) atoms. The molecule has 1 amide bonds. The molecule has 5 aromatic rings. The van der Waals surface area contributed by atoms with E-state index in [9.17, 15) is 18.0 Å². The fourth-order valence-electron chi connectivity index (χ4n) is 3.93. The Morgan fingerprint density at radius 2 is 1.83 bits per heavy atom. The molecule has 0 saturated heterocycles. The van der Waals surface area contributed by atoms with Gasteiger partial charge in [0.25, 0.3) is 0 Å². The normalized spacial score (nSPS) is 11.6. The van der Waals surface area contributed by atoms with Gasteiger partial charge in [-0.3, -0.25) is 4.79 Å². The first-order valence-corrected chi connectivity index (χ1v) is 13.6. The van der Waals surface area contributed by atoms with Crippen molar-refractivity contribution in [1.29, 1.82) is 0 Å². The summed E-state index contributed by atoms with van der Waals surface area (Å²) >= 11 is 7.57. The largest absolute Gasteiger partial charge is 0.487 e. The van der Waals surface area contributed by atoms with Crippen molar-refractivity contribution in [2.45, 2.75) is 19.2 Å². The van der Waals surface area contributed by atoms with E-state index in [0.717, 1.165) is 28.5 Å². The van der Waals surface area contributed by atoms with Crippen LogP contribution in [0.2, 0.25) is 5.02 Å². The molecule has 1 aromatic heterocycles. The Labute approximate surface area is 242 Å². The maximum Gasteiger partial charge on any atom is 0.416 e. The predicted molar refractivity (Wildman–Crippen MR) is 156 cm³/mol. The summed E-state index contributed by atoms with van der Waals surface area (Å²) in [7, 11) is 0. The van der Waals surface area contributed by atoms with Gasteiger partial charge in [0.05, 0.1) is 28.9 Å². The summed E-state index contributed by atoms with van der Waals surface area (Å²) in [6.07, 6.45) is -3.04. The zero-order chi connectivity index (χ0) is 28.8. The molecule has 0 fully saturated rings. The lowest BCUT2D eigenvalue weighted by molar-refractivity contribution is -0.137. The number of halogens is 4. The highest BCUT2D eigenvalue weighted by atomic mass is 35.5. The molecule has 208 valence electrons. The molecule has 11 heteroatoms. The van der Waals surface area contributed by atoms with E-state index in [2.05, 4.69) is 45.1 Å². The Bertz CT molecular complexity index is 1720. The third-order valence-corrected chi connectivity index (χ3v) is 7.00. The van der Waals surface area contributed by atoms with Crippen LogP contribution in [-0.4, -0.2) is 17.1 Å². The van der Waals surface area contributed by atoms with Crippen molar-refractivity contribution >= 4 is 56.7 Å². The summed E-state index contributed by atoms with van der Waals surface area (Å²) in [5.74, 6) is 0.123. The van der Waals surface area contributed by atoms with Crippen molar-refractivity contribution in [1.82, 2.24) is 10.4 Å². The molecular weight excluding hydrogens is 573 g/mol. The minimum Gasteiger partial charge on any atom is -0.487 e. The summed E-state index contributed by atoms with van der Waals surface area (Å²) in [5, 5.41) is 11.5. The number of anilines is 2. The van der Waals surface area contributed by atoms with Crippen LogP contribution in [0.25, 0.3) is 10.8 Å². The van der Waals surface area contributed by atoms with E-state index in [4.69, 9.17) is 16.3 Å². The number of hydrogen-bond donors (Lipinski definition) is 2. The zero-order valence-corrected chi connectivity index (χ0v) is 22.9. The summed E-state index contributed by atoms with van der Waals surface area (Å²) < 4.78 is 44.7. The lowest BCUT2D eigenvalue weighted by Crippen LogP contribution is -2.19. The molecule has 2 N–H and O–H groups in total. The van der Waals surface area contributed by atoms with Gasteiger partial charge in [0.2, 0.25) is 5.91 Å². The van der Waals surface area contributed by atoms with Crippen LogP contribution >= 0.6 is 22.9 Å². The van der Waals surface area contributed by atoms with Crippen LogP contribution in [0, 0.1) is 0 Å². The van der Waals surface area contributed by atoms with Gasteiger partial charge in [0, 0.05) is 11.1 Å². The van der Waals surface area contributed by atoms with Crippen LogP contribution < -0.4 is 15.5 Å². The molecule has 0 atom stereocenters. The third-order valence-electron chi connectivity index (χ3n) is 5.90. The van der Waals surface area contributed by atoms with E-state index in [-0.39, 0.29) is 12.1 Å². The molecule has 0 saturated carbocycles. The van der Waals surface area contributed by atoms with Gasteiger partial charge in [-0.2, -0.15) is 18.3 Å². The molecule has 0 aliphatic carbocycles. The number of fused-ring (bicyclic) bond motifs is 1. The number of hydrogen-bond acceptors (Lipinski definition) is 6. The van der Waals surface area contributed by atoms with Gasteiger partial charge in [0.15, 0.2) is 5.13 Å². The highest BCUT2D eigenvalue weighted by Crippen LogP contribution is 2.32. The number of nitrogens with zero attached hydrogens (tertiary/aromatic N) is 2. The Morgan fingerprint density at radius 3 is 2.63 bits per heavy atom. The van der Waals surface area contributed by atoms with Crippen LogP contribution in [0.4, 0.5) is 24.0 Å². The van der Waals surface area contributed by atoms with Crippen LogP contribution in [0.1, 0.15) is 22.4 Å². The van der Waals surface area contributed by atoms with Crippen molar-refractivity contribution in [2.24, 2.45) is 5.10 Å². The molecule has 6 nitrogen and oxygen atoms in total. The monoisotopic (exact) mass is 594 g/mol. The molecule has 5 rings (SSSR count). The average molecular weight is 595 g/mol. The number of amides is 1. The molecule has 1 heterocycles. The summed E-state index contributed by atoms with van der Waals surface area (Å²) in [6, 6.07) is 24.2. The van der Waals surface area contributed by atoms with Crippen molar-refractivity contribution in [3.8, 4) is 5.75 Å². The zero-order valence-electron chi connectivity index (χ0n) is 21.3.